The lowest BCUT2D eigenvalue weighted by atomic mass is 9.82. The number of nitrogens with zero attached hydrogens (tertiary/aromatic N) is 5. The monoisotopic (exact) mass is 855 g/mol. The maximum absolute atomic E-state index is 7.02. The van der Waals surface area contributed by atoms with Gasteiger partial charge in [-0.05, 0) is 111 Å². The summed E-state index contributed by atoms with van der Waals surface area (Å²) in [5.74, 6) is 2.37. The largest absolute Gasteiger partial charge is 0.457 e. The third-order valence-corrected chi connectivity index (χ3v) is 13.8. The van der Waals surface area contributed by atoms with Crippen LogP contribution in [-0.4, -0.2) is 21.2 Å². The van der Waals surface area contributed by atoms with Gasteiger partial charge in [-0.15, -0.1) is 0 Å². The van der Waals surface area contributed by atoms with Gasteiger partial charge in [-0.1, -0.05) is 132 Å². The molecular formula is C60H49N5O. The second-order valence-corrected chi connectivity index (χ2v) is 19.1. The molecule has 0 unspecified atom stereocenters. The average Bonchev–Trinajstić information content (AvgIpc) is 3.97. The molecule has 66 heavy (non-hydrogen) atoms. The number of hydrogen-bond acceptors (Lipinski definition) is 5. The van der Waals surface area contributed by atoms with Crippen molar-refractivity contribution in [3.63, 3.8) is 0 Å². The molecular weight excluding hydrogens is 807 g/mol. The van der Waals surface area contributed by atoms with E-state index < -0.39 is 0 Å². The fraction of sp³-hybridized carbons (Fsp3) is 0.133. The van der Waals surface area contributed by atoms with Gasteiger partial charge < -0.3 is 14.5 Å². The van der Waals surface area contributed by atoms with Crippen LogP contribution in [0.5, 0.6) is 11.5 Å². The molecule has 7 aromatic carbocycles. The molecule has 0 atom stereocenters. The Bertz CT molecular complexity index is 3510. The Morgan fingerprint density at radius 1 is 0.530 bits per heavy atom. The average molecular weight is 856 g/mol. The summed E-state index contributed by atoms with van der Waals surface area (Å²) in [4.78, 5) is 14.3. The van der Waals surface area contributed by atoms with E-state index in [1.807, 2.05) is 18.6 Å². The van der Waals surface area contributed by atoms with Gasteiger partial charge in [0.25, 0.3) is 0 Å². The zero-order chi connectivity index (χ0) is 44.7. The number of rotatable bonds is 7. The number of fused-ring (bicyclic) bond motifs is 7. The molecule has 0 bridgehead atoms. The van der Waals surface area contributed by atoms with Crippen molar-refractivity contribution in [1.82, 2.24) is 14.5 Å². The topological polar surface area (TPSA) is 46.4 Å². The van der Waals surface area contributed by atoms with Crippen LogP contribution in [-0.2, 0) is 10.8 Å². The summed E-state index contributed by atoms with van der Waals surface area (Å²) < 4.78 is 9.29. The van der Waals surface area contributed by atoms with Crippen LogP contribution in [0.25, 0.3) is 61.0 Å². The smallest absolute Gasteiger partial charge is 0.137 e. The van der Waals surface area contributed by atoms with Crippen LogP contribution >= 0.6 is 0 Å². The van der Waals surface area contributed by atoms with Crippen molar-refractivity contribution in [3.05, 3.63) is 211 Å². The highest BCUT2D eigenvalue weighted by Gasteiger charge is 2.40. The fourth-order valence-corrected chi connectivity index (χ4v) is 10.4. The fourth-order valence-electron chi connectivity index (χ4n) is 10.4. The summed E-state index contributed by atoms with van der Waals surface area (Å²) in [6.45, 7) is 12.0. The first-order chi connectivity index (χ1) is 32.1. The summed E-state index contributed by atoms with van der Waals surface area (Å²) in [5, 5.41) is 2.32. The molecule has 6 nitrogen and oxygen atoms in total. The summed E-state index contributed by atoms with van der Waals surface area (Å²) >= 11 is 0. The van der Waals surface area contributed by atoms with Crippen molar-refractivity contribution in [2.75, 3.05) is 16.5 Å². The quantitative estimate of drug-likeness (QED) is 0.160. The van der Waals surface area contributed by atoms with Gasteiger partial charge in [0.05, 0.1) is 28.1 Å². The maximum atomic E-state index is 7.02. The molecule has 10 aromatic rings. The molecule has 0 radical (unpaired) electrons. The first kappa shape index (κ1) is 39.6. The van der Waals surface area contributed by atoms with E-state index in [9.17, 15) is 0 Å². The number of ether oxygens (including phenoxy) is 1. The van der Waals surface area contributed by atoms with Crippen molar-refractivity contribution in [3.8, 4) is 50.7 Å². The molecule has 0 saturated carbocycles. The molecule has 0 saturated heterocycles. The van der Waals surface area contributed by atoms with E-state index in [4.69, 9.17) is 9.72 Å². The molecule has 1 aliphatic heterocycles. The molecule has 6 heteroatoms. The van der Waals surface area contributed by atoms with Crippen LogP contribution in [0.2, 0.25) is 0 Å². The lowest BCUT2D eigenvalue weighted by Gasteiger charge is -2.28. The van der Waals surface area contributed by atoms with Crippen molar-refractivity contribution in [2.24, 2.45) is 0 Å². The van der Waals surface area contributed by atoms with Gasteiger partial charge in [0.1, 0.15) is 24.0 Å². The molecule has 3 aromatic heterocycles. The lowest BCUT2D eigenvalue weighted by molar-refractivity contribution is 0.483. The molecule has 0 fully saturated rings. The third kappa shape index (κ3) is 6.39. The predicted molar refractivity (Wildman–Crippen MR) is 272 cm³/mol. The van der Waals surface area contributed by atoms with Crippen LogP contribution in [0.4, 0.5) is 22.7 Å². The first-order valence-electron chi connectivity index (χ1n) is 22.8. The van der Waals surface area contributed by atoms with Crippen molar-refractivity contribution in [2.45, 2.75) is 45.4 Å². The molecule has 320 valence electrons. The van der Waals surface area contributed by atoms with E-state index in [2.05, 4.69) is 230 Å². The van der Waals surface area contributed by atoms with Gasteiger partial charge in [0.15, 0.2) is 0 Å². The minimum absolute atomic E-state index is 0.0250. The number of pyridine rings is 2. The van der Waals surface area contributed by atoms with Gasteiger partial charge >= 0.3 is 0 Å². The van der Waals surface area contributed by atoms with Crippen LogP contribution < -0.4 is 14.5 Å². The van der Waals surface area contributed by atoms with E-state index in [0.29, 0.717) is 6.67 Å². The number of aromatic nitrogens is 3. The minimum atomic E-state index is -0.149. The van der Waals surface area contributed by atoms with Gasteiger partial charge in [-0.25, -0.2) is 4.98 Å². The Hall–Kier alpha value is -7.96. The van der Waals surface area contributed by atoms with Crippen molar-refractivity contribution in [1.29, 1.82) is 0 Å². The van der Waals surface area contributed by atoms with Crippen LogP contribution in [0, 0.1) is 0 Å². The number of para-hydroxylation sites is 3. The lowest BCUT2D eigenvalue weighted by Crippen LogP contribution is -2.25. The summed E-state index contributed by atoms with van der Waals surface area (Å²) in [6.07, 6.45) is 5.63. The van der Waals surface area contributed by atoms with Crippen LogP contribution in [0.15, 0.2) is 195 Å². The summed E-state index contributed by atoms with van der Waals surface area (Å²) in [5.41, 5.74) is 17.6. The summed E-state index contributed by atoms with van der Waals surface area (Å²) in [6, 6.07) is 63.4. The SMILES string of the molecule is CC(C)(C)c1ccnc(-n2c3ccccc3c3ccc(Oc4cc(-c5ccncc5)cc(N5CN(c6c(-c7ccccc7)ccc7c6-c6ccccc6C7(C)C)c6ccccc65)c4)cc32)c1. The van der Waals surface area contributed by atoms with E-state index in [-0.39, 0.29) is 10.8 Å². The Morgan fingerprint density at radius 2 is 1.26 bits per heavy atom. The summed E-state index contributed by atoms with van der Waals surface area (Å²) in [7, 11) is 0. The molecule has 0 spiro atoms. The molecule has 4 heterocycles. The van der Waals surface area contributed by atoms with Crippen molar-refractivity contribution < 1.29 is 4.74 Å². The zero-order valence-corrected chi connectivity index (χ0v) is 37.8. The van der Waals surface area contributed by atoms with Crippen molar-refractivity contribution >= 4 is 44.6 Å². The standard InChI is InChI=1S/C60H49N5O/c1-59(2,3)42-29-32-62-56(35-42)65-52-20-12-10-17-47(52)48-24-23-44(37-55(48)65)66-45-34-41(39-27-30-61-31-28-39)33-43(36-45)63-38-64(54-22-14-13-21-53(54)63)58-46(40-15-7-6-8-16-40)25-26-51-57(58)49-18-9-11-19-50(49)60(51,4)5/h6-37H,38H2,1-5H3. The maximum Gasteiger partial charge on any atom is 0.137 e. The molecule has 0 amide bonds. The normalized spacial score (nSPS) is 13.8. The number of anilines is 4. The third-order valence-electron chi connectivity index (χ3n) is 13.8. The predicted octanol–water partition coefficient (Wildman–Crippen LogP) is 15.6. The van der Waals surface area contributed by atoms with E-state index >= 15 is 0 Å². The highest BCUT2D eigenvalue weighted by atomic mass is 16.5. The Balaban J connectivity index is 1.00. The number of hydrogen-bond donors (Lipinski definition) is 0. The Morgan fingerprint density at radius 3 is 2.08 bits per heavy atom. The Labute approximate surface area is 386 Å². The van der Waals surface area contributed by atoms with Crippen LogP contribution in [0.1, 0.15) is 51.3 Å². The highest BCUT2D eigenvalue weighted by Crippen LogP contribution is 2.58. The van der Waals surface area contributed by atoms with Gasteiger partial charge in [-0.2, -0.15) is 0 Å². The Kier molecular flexibility index (Phi) is 9.04. The van der Waals surface area contributed by atoms with E-state index in [1.165, 1.54) is 50.0 Å². The van der Waals surface area contributed by atoms with Gasteiger partial charge in [-0.3, -0.25) is 9.55 Å². The minimum Gasteiger partial charge on any atom is -0.457 e. The van der Waals surface area contributed by atoms with E-state index in [1.54, 1.807) is 0 Å². The number of benzene rings is 7. The van der Waals surface area contributed by atoms with Gasteiger partial charge in [0, 0.05) is 63.7 Å². The second kappa shape index (κ2) is 15.1. The molecule has 1 aliphatic carbocycles. The molecule has 0 N–H and O–H groups in total. The first-order valence-corrected chi connectivity index (χ1v) is 22.8. The van der Waals surface area contributed by atoms with Crippen LogP contribution in [0.3, 0.4) is 0 Å². The molecule has 2 aliphatic rings. The molecule has 12 rings (SSSR count). The highest BCUT2D eigenvalue weighted by molar-refractivity contribution is 6.09. The van der Waals surface area contributed by atoms with Gasteiger partial charge in [0.2, 0.25) is 0 Å². The zero-order valence-electron chi connectivity index (χ0n) is 37.8. The van der Waals surface area contributed by atoms with E-state index in [0.717, 1.165) is 61.9 Å². The second-order valence-electron chi connectivity index (χ2n) is 19.1.